The van der Waals surface area contributed by atoms with Crippen LogP contribution in [0.5, 0.6) is 0 Å². The highest BCUT2D eigenvalue weighted by Crippen LogP contribution is 1.92. The minimum Gasteiger partial charge on any atom is -0.480 e. The summed E-state index contributed by atoms with van der Waals surface area (Å²) in [4.78, 5) is 22.0. The number of amides is 2. The molecular weight excluding hydrogens is 248 g/mol. The van der Waals surface area contributed by atoms with Gasteiger partial charge in [-0.05, 0) is 6.92 Å². The van der Waals surface area contributed by atoms with Crippen molar-refractivity contribution in [3.63, 3.8) is 0 Å². The van der Waals surface area contributed by atoms with E-state index in [0.29, 0.717) is 5.75 Å². The summed E-state index contributed by atoms with van der Waals surface area (Å²) in [5, 5.41) is 22.0. The maximum absolute atomic E-state index is 11.4. The molecule has 0 heterocycles. The number of carboxylic acids is 1. The predicted molar refractivity (Wildman–Crippen MR) is 63.2 cm³/mol. The molecule has 0 radical (unpaired) electrons. The van der Waals surface area contributed by atoms with Gasteiger partial charge in [0.15, 0.2) is 0 Å². The molecule has 0 aliphatic rings. The van der Waals surface area contributed by atoms with Gasteiger partial charge >= 0.3 is 12.0 Å². The van der Waals surface area contributed by atoms with Crippen LogP contribution in [0.4, 0.5) is 4.79 Å². The molecule has 2 amide bonds. The normalized spacial score (nSPS) is 15.7. The molecule has 7 nitrogen and oxygen atoms in total. The standard InChI is InChI=1S/C9H18N2O5S/c1-6(5-17(2)16)10-9(15)11-7(3-4-12)8(13)14/h6-7,12H,3-5H2,1-2H3,(H,13,14)(H2,10,11,15)/t6?,7-,17?/m1/s1. The summed E-state index contributed by atoms with van der Waals surface area (Å²) >= 11 is 0. The predicted octanol–water partition coefficient (Wildman–Crippen LogP) is -1.11. The molecule has 0 aromatic rings. The van der Waals surface area contributed by atoms with E-state index in [-0.39, 0.29) is 19.1 Å². The number of aliphatic hydroxyl groups excluding tert-OH is 1. The lowest BCUT2D eigenvalue weighted by Gasteiger charge is -2.17. The van der Waals surface area contributed by atoms with Crippen molar-refractivity contribution in [1.82, 2.24) is 10.6 Å². The third-order valence-electron chi connectivity index (χ3n) is 1.88. The smallest absolute Gasteiger partial charge is 0.326 e. The summed E-state index contributed by atoms with van der Waals surface area (Å²) in [5.41, 5.74) is 0. The molecule has 17 heavy (non-hydrogen) atoms. The van der Waals surface area contributed by atoms with Crippen LogP contribution in [0.3, 0.4) is 0 Å². The number of nitrogens with one attached hydrogen (secondary N) is 2. The van der Waals surface area contributed by atoms with Gasteiger partial charge in [0.1, 0.15) is 6.04 Å². The Morgan fingerprint density at radius 3 is 2.35 bits per heavy atom. The second kappa shape index (κ2) is 8.02. The molecule has 0 fully saturated rings. The quantitative estimate of drug-likeness (QED) is 0.466. The average molecular weight is 266 g/mol. The summed E-state index contributed by atoms with van der Waals surface area (Å²) in [5.74, 6) is -0.911. The molecule has 0 spiro atoms. The van der Waals surface area contributed by atoms with Gasteiger partial charge in [-0.25, -0.2) is 9.59 Å². The summed E-state index contributed by atoms with van der Waals surface area (Å²) in [6.45, 7) is 1.34. The molecule has 0 saturated heterocycles. The molecule has 0 aliphatic carbocycles. The van der Waals surface area contributed by atoms with Crippen molar-refractivity contribution in [3.05, 3.63) is 0 Å². The van der Waals surface area contributed by atoms with E-state index < -0.39 is 28.8 Å². The van der Waals surface area contributed by atoms with Crippen molar-refractivity contribution >= 4 is 22.8 Å². The van der Waals surface area contributed by atoms with Crippen molar-refractivity contribution in [2.24, 2.45) is 0 Å². The number of urea groups is 1. The number of carbonyl (C=O) groups is 2. The van der Waals surface area contributed by atoms with Crippen LogP contribution in [0.15, 0.2) is 0 Å². The first kappa shape index (κ1) is 15.9. The highest BCUT2D eigenvalue weighted by molar-refractivity contribution is 7.84. The lowest BCUT2D eigenvalue weighted by atomic mass is 10.2. The van der Waals surface area contributed by atoms with Gasteiger partial charge in [0.25, 0.3) is 0 Å². The first-order chi connectivity index (χ1) is 7.86. The fourth-order valence-electron chi connectivity index (χ4n) is 1.20. The Hall–Kier alpha value is -1.15. The highest BCUT2D eigenvalue weighted by Gasteiger charge is 2.19. The zero-order chi connectivity index (χ0) is 13.4. The fourth-order valence-corrected chi connectivity index (χ4v) is 1.99. The third kappa shape index (κ3) is 7.70. The Bertz CT molecular complexity index is 297. The van der Waals surface area contributed by atoms with Gasteiger partial charge in [-0.15, -0.1) is 0 Å². The summed E-state index contributed by atoms with van der Waals surface area (Å²) < 4.78 is 10.9. The van der Waals surface area contributed by atoms with Crippen LogP contribution < -0.4 is 10.6 Å². The van der Waals surface area contributed by atoms with E-state index >= 15 is 0 Å². The molecule has 0 bridgehead atoms. The molecule has 0 aromatic heterocycles. The van der Waals surface area contributed by atoms with E-state index in [4.69, 9.17) is 10.2 Å². The van der Waals surface area contributed by atoms with Crippen LogP contribution in [0.2, 0.25) is 0 Å². The SMILES string of the molecule is CC(CS(C)=O)NC(=O)N[C@H](CCO)C(=O)O. The molecular formula is C9H18N2O5S. The number of rotatable bonds is 7. The number of aliphatic carboxylic acids is 1. The van der Waals surface area contributed by atoms with Crippen LogP contribution in [0.25, 0.3) is 0 Å². The van der Waals surface area contributed by atoms with Crippen LogP contribution in [-0.4, -0.2) is 57.1 Å². The van der Waals surface area contributed by atoms with Crippen LogP contribution in [0.1, 0.15) is 13.3 Å². The fraction of sp³-hybridized carbons (Fsp3) is 0.778. The molecule has 0 rings (SSSR count). The summed E-state index contributed by atoms with van der Waals surface area (Å²) in [6.07, 6.45) is 1.46. The number of carboxylic acid groups (broad SMARTS) is 1. The third-order valence-corrected chi connectivity index (χ3v) is 2.85. The highest BCUT2D eigenvalue weighted by atomic mass is 32.2. The average Bonchev–Trinajstić information content (AvgIpc) is 2.14. The maximum atomic E-state index is 11.4. The van der Waals surface area contributed by atoms with Gasteiger partial charge in [0, 0.05) is 41.9 Å². The van der Waals surface area contributed by atoms with E-state index in [1.807, 2.05) is 0 Å². The lowest BCUT2D eigenvalue weighted by Crippen LogP contribution is -2.49. The first-order valence-electron chi connectivity index (χ1n) is 5.07. The van der Waals surface area contributed by atoms with E-state index in [1.165, 1.54) is 6.26 Å². The molecule has 100 valence electrons. The van der Waals surface area contributed by atoms with E-state index in [2.05, 4.69) is 10.6 Å². The van der Waals surface area contributed by atoms with Gasteiger partial charge in [0.05, 0.1) is 0 Å². The van der Waals surface area contributed by atoms with Gasteiger partial charge < -0.3 is 20.8 Å². The van der Waals surface area contributed by atoms with Gasteiger partial charge in [-0.2, -0.15) is 0 Å². The molecule has 8 heteroatoms. The second-order valence-electron chi connectivity index (χ2n) is 3.66. The Morgan fingerprint density at radius 2 is 1.94 bits per heavy atom. The monoisotopic (exact) mass is 266 g/mol. The van der Waals surface area contributed by atoms with Crippen LogP contribution >= 0.6 is 0 Å². The Kier molecular flexibility index (Phi) is 7.47. The Balaban J connectivity index is 4.14. The Labute approximate surface area is 102 Å². The number of hydrogen-bond donors (Lipinski definition) is 4. The van der Waals surface area contributed by atoms with E-state index in [9.17, 15) is 13.8 Å². The zero-order valence-electron chi connectivity index (χ0n) is 9.80. The largest absolute Gasteiger partial charge is 0.480 e. The van der Waals surface area contributed by atoms with Crippen molar-refractivity contribution < 1.29 is 24.0 Å². The molecule has 0 saturated carbocycles. The summed E-state index contributed by atoms with van der Waals surface area (Å²) in [7, 11) is -1.04. The van der Waals surface area contributed by atoms with E-state index in [1.54, 1.807) is 6.92 Å². The van der Waals surface area contributed by atoms with Crippen molar-refractivity contribution in [2.75, 3.05) is 18.6 Å². The first-order valence-corrected chi connectivity index (χ1v) is 6.80. The van der Waals surface area contributed by atoms with Gasteiger partial charge in [-0.3, -0.25) is 4.21 Å². The van der Waals surface area contributed by atoms with Crippen molar-refractivity contribution in [3.8, 4) is 0 Å². The molecule has 0 aromatic carbocycles. The number of hydrogen-bond acceptors (Lipinski definition) is 4. The topological polar surface area (TPSA) is 116 Å². The Morgan fingerprint density at radius 1 is 1.35 bits per heavy atom. The van der Waals surface area contributed by atoms with Crippen LogP contribution in [-0.2, 0) is 15.6 Å². The minimum atomic E-state index is -1.21. The molecule has 0 aliphatic heterocycles. The molecule has 4 N–H and O–H groups in total. The van der Waals surface area contributed by atoms with Gasteiger partial charge in [-0.1, -0.05) is 0 Å². The minimum absolute atomic E-state index is 0.0587. The van der Waals surface area contributed by atoms with Crippen molar-refractivity contribution in [2.45, 2.75) is 25.4 Å². The number of aliphatic hydroxyl groups is 1. The maximum Gasteiger partial charge on any atom is 0.326 e. The number of carbonyl (C=O) groups excluding carboxylic acids is 1. The van der Waals surface area contributed by atoms with E-state index in [0.717, 1.165) is 0 Å². The van der Waals surface area contributed by atoms with Gasteiger partial charge in [0.2, 0.25) is 0 Å². The second-order valence-corrected chi connectivity index (χ2v) is 5.14. The summed E-state index contributed by atoms with van der Waals surface area (Å²) in [6, 6.07) is -2.09. The zero-order valence-corrected chi connectivity index (χ0v) is 10.6. The molecule has 3 atom stereocenters. The van der Waals surface area contributed by atoms with Crippen LogP contribution in [0, 0.1) is 0 Å². The lowest BCUT2D eigenvalue weighted by molar-refractivity contribution is -0.139. The van der Waals surface area contributed by atoms with Crippen molar-refractivity contribution in [1.29, 1.82) is 0 Å². The molecule has 2 unspecified atom stereocenters.